The molecule has 1 saturated carbocycles. The van der Waals surface area contributed by atoms with Crippen LogP contribution in [0.5, 0.6) is 11.5 Å². The monoisotopic (exact) mass is 374 g/mol. The van der Waals surface area contributed by atoms with Crippen molar-refractivity contribution in [3.63, 3.8) is 0 Å². The Balaban J connectivity index is 1.81. The lowest BCUT2D eigenvalue weighted by Gasteiger charge is -2.28. The van der Waals surface area contributed by atoms with Gasteiger partial charge in [0.05, 0.1) is 0 Å². The van der Waals surface area contributed by atoms with Gasteiger partial charge in [0, 0.05) is 9.30 Å². The van der Waals surface area contributed by atoms with Crippen LogP contribution in [-0.4, -0.2) is 13.2 Å². The topological polar surface area (TPSA) is 18.5 Å². The molecular weight excluding hydrogens is 360 g/mol. The van der Waals surface area contributed by atoms with Gasteiger partial charge in [0.25, 0.3) is 0 Å². The standard InChI is InChI=1S/C14H16Br2O2/c15-11(6-9-2-1-3-9)10-7-13-14(8-12(10)16)18-5-4-17-13/h7-9,11H,1-6H2. The first-order chi connectivity index (χ1) is 8.74. The third-order valence-electron chi connectivity index (χ3n) is 3.76. The van der Waals surface area contributed by atoms with Crippen LogP contribution in [0.3, 0.4) is 0 Å². The van der Waals surface area contributed by atoms with Crippen LogP contribution in [0, 0.1) is 5.92 Å². The molecule has 4 heteroatoms. The Bertz CT molecular complexity index is 444. The van der Waals surface area contributed by atoms with Crippen LogP contribution in [0.1, 0.15) is 36.1 Å². The summed E-state index contributed by atoms with van der Waals surface area (Å²) in [7, 11) is 0. The van der Waals surface area contributed by atoms with Crippen molar-refractivity contribution in [2.45, 2.75) is 30.5 Å². The summed E-state index contributed by atoms with van der Waals surface area (Å²) in [5.74, 6) is 2.60. The largest absolute Gasteiger partial charge is 0.486 e. The first kappa shape index (κ1) is 12.8. The lowest BCUT2D eigenvalue weighted by molar-refractivity contribution is 0.171. The molecule has 0 saturated heterocycles. The molecular formula is C14H16Br2O2. The van der Waals surface area contributed by atoms with E-state index >= 15 is 0 Å². The highest BCUT2D eigenvalue weighted by Gasteiger charge is 2.24. The van der Waals surface area contributed by atoms with E-state index in [0.29, 0.717) is 18.0 Å². The molecule has 1 aromatic carbocycles. The van der Waals surface area contributed by atoms with E-state index in [4.69, 9.17) is 9.47 Å². The van der Waals surface area contributed by atoms with Crippen LogP contribution in [0.4, 0.5) is 0 Å². The Morgan fingerprint density at radius 3 is 2.44 bits per heavy atom. The molecule has 0 spiro atoms. The first-order valence-electron chi connectivity index (χ1n) is 6.47. The van der Waals surface area contributed by atoms with Gasteiger partial charge in [-0.25, -0.2) is 0 Å². The number of rotatable bonds is 3. The Kier molecular flexibility index (Phi) is 3.85. The molecule has 1 aliphatic heterocycles. The summed E-state index contributed by atoms with van der Waals surface area (Å²) in [5, 5.41) is 0. The summed E-state index contributed by atoms with van der Waals surface area (Å²) in [4.78, 5) is 0.396. The van der Waals surface area contributed by atoms with E-state index in [2.05, 4.69) is 37.9 Å². The van der Waals surface area contributed by atoms with Crippen LogP contribution >= 0.6 is 31.9 Å². The molecule has 0 N–H and O–H groups in total. The molecule has 0 radical (unpaired) electrons. The second-order valence-corrected chi connectivity index (χ2v) is 6.98. The van der Waals surface area contributed by atoms with Gasteiger partial charge in [0.2, 0.25) is 0 Å². The van der Waals surface area contributed by atoms with Crippen molar-refractivity contribution in [3.8, 4) is 11.5 Å². The average Bonchev–Trinajstić information content (AvgIpc) is 2.32. The molecule has 1 unspecified atom stereocenters. The van der Waals surface area contributed by atoms with Gasteiger partial charge < -0.3 is 9.47 Å². The van der Waals surface area contributed by atoms with Gasteiger partial charge >= 0.3 is 0 Å². The molecule has 0 amide bonds. The van der Waals surface area contributed by atoms with Crippen LogP contribution < -0.4 is 9.47 Å². The molecule has 1 aromatic rings. The first-order valence-corrected chi connectivity index (χ1v) is 8.18. The molecule has 1 atom stereocenters. The highest BCUT2D eigenvalue weighted by Crippen LogP contribution is 2.44. The third-order valence-corrected chi connectivity index (χ3v) is 5.32. The molecule has 18 heavy (non-hydrogen) atoms. The zero-order valence-corrected chi connectivity index (χ0v) is 13.3. The predicted molar refractivity (Wildman–Crippen MR) is 78.8 cm³/mol. The summed E-state index contributed by atoms with van der Waals surface area (Å²) >= 11 is 7.45. The molecule has 98 valence electrons. The minimum Gasteiger partial charge on any atom is -0.486 e. The number of hydrogen-bond acceptors (Lipinski definition) is 2. The van der Waals surface area contributed by atoms with Crippen molar-refractivity contribution in [3.05, 3.63) is 22.2 Å². The molecule has 1 heterocycles. The number of hydrogen-bond donors (Lipinski definition) is 0. The highest BCUT2D eigenvalue weighted by atomic mass is 79.9. The van der Waals surface area contributed by atoms with Gasteiger partial charge in [0.1, 0.15) is 13.2 Å². The highest BCUT2D eigenvalue weighted by molar-refractivity contribution is 9.11. The Morgan fingerprint density at radius 2 is 1.83 bits per heavy atom. The van der Waals surface area contributed by atoms with Crippen molar-refractivity contribution in [1.29, 1.82) is 0 Å². The fourth-order valence-electron chi connectivity index (χ4n) is 2.47. The SMILES string of the molecule is Brc1cc2c(cc1C(Br)CC1CCC1)OCCO2. The predicted octanol–water partition coefficient (Wildman–Crippen LogP) is 4.85. The van der Waals surface area contributed by atoms with Gasteiger partial charge in [0.15, 0.2) is 11.5 Å². The van der Waals surface area contributed by atoms with Crippen LogP contribution in [-0.2, 0) is 0 Å². The van der Waals surface area contributed by atoms with Crippen LogP contribution in [0.2, 0.25) is 0 Å². The summed E-state index contributed by atoms with van der Waals surface area (Å²) in [5.41, 5.74) is 1.27. The van der Waals surface area contributed by atoms with Crippen molar-refractivity contribution < 1.29 is 9.47 Å². The van der Waals surface area contributed by atoms with Gasteiger partial charge in [-0.3, -0.25) is 0 Å². The minimum absolute atomic E-state index is 0.396. The van der Waals surface area contributed by atoms with E-state index in [1.54, 1.807) is 0 Å². The maximum Gasteiger partial charge on any atom is 0.162 e. The second kappa shape index (κ2) is 5.41. The fraction of sp³-hybridized carbons (Fsp3) is 0.571. The van der Waals surface area contributed by atoms with Crippen LogP contribution in [0.25, 0.3) is 0 Å². The summed E-state index contributed by atoms with van der Waals surface area (Å²) < 4.78 is 12.3. The number of alkyl halides is 1. The molecule has 1 aliphatic carbocycles. The lowest BCUT2D eigenvalue weighted by atomic mass is 9.81. The maximum atomic E-state index is 5.65. The Hall–Kier alpha value is -0.220. The van der Waals surface area contributed by atoms with Gasteiger partial charge in [-0.05, 0) is 30.0 Å². The van der Waals surface area contributed by atoms with E-state index in [1.807, 2.05) is 6.07 Å². The molecule has 0 aromatic heterocycles. The Morgan fingerprint density at radius 1 is 1.17 bits per heavy atom. The van der Waals surface area contributed by atoms with Crippen LogP contribution in [0.15, 0.2) is 16.6 Å². The van der Waals surface area contributed by atoms with Crippen molar-refractivity contribution in [2.24, 2.45) is 5.92 Å². The quantitative estimate of drug-likeness (QED) is 0.703. The summed E-state index contributed by atoms with van der Waals surface area (Å²) in [6.07, 6.45) is 5.36. The van der Waals surface area contributed by atoms with Crippen molar-refractivity contribution in [2.75, 3.05) is 13.2 Å². The van der Waals surface area contributed by atoms with E-state index in [9.17, 15) is 0 Å². The zero-order valence-electron chi connectivity index (χ0n) is 10.1. The maximum absolute atomic E-state index is 5.65. The number of ether oxygens (including phenoxy) is 2. The fourth-order valence-corrected chi connectivity index (χ4v) is 4.28. The smallest absolute Gasteiger partial charge is 0.162 e. The van der Waals surface area contributed by atoms with Gasteiger partial charge in [-0.2, -0.15) is 0 Å². The Labute approximate surface area is 124 Å². The van der Waals surface area contributed by atoms with E-state index in [1.165, 1.54) is 31.2 Å². The molecule has 3 rings (SSSR count). The average molecular weight is 376 g/mol. The zero-order chi connectivity index (χ0) is 12.5. The van der Waals surface area contributed by atoms with E-state index < -0.39 is 0 Å². The molecule has 2 aliphatic rings. The summed E-state index contributed by atoms with van der Waals surface area (Å²) in [6, 6.07) is 4.13. The molecule has 2 nitrogen and oxygen atoms in total. The van der Waals surface area contributed by atoms with E-state index in [0.717, 1.165) is 21.9 Å². The second-order valence-electron chi connectivity index (χ2n) is 5.02. The van der Waals surface area contributed by atoms with Gasteiger partial charge in [-0.15, -0.1) is 0 Å². The number of fused-ring (bicyclic) bond motifs is 1. The number of halogens is 2. The number of benzene rings is 1. The van der Waals surface area contributed by atoms with Gasteiger partial charge in [-0.1, -0.05) is 51.1 Å². The lowest BCUT2D eigenvalue weighted by Crippen LogP contribution is -2.16. The molecule has 0 bridgehead atoms. The molecule has 1 fully saturated rings. The van der Waals surface area contributed by atoms with Crippen molar-refractivity contribution >= 4 is 31.9 Å². The minimum atomic E-state index is 0.396. The van der Waals surface area contributed by atoms with E-state index in [-0.39, 0.29) is 0 Å². The normalized spacial score (nSPS) is 20.3. The third kappa shape index (κ3) is 2.55. The van der Waals surface area contributed by atoms with Crippen molar-refractivity contribution in [1.82, 2.24) is 0 Å². The summed E-state index contributed by atoms with van der Waals surface area (Å²) in [6.45, 7) is 1.28.